The maximum absolute atomic E-state index is 12.2. The van der Waals surface area contributed by atoms with Gasteiger partial charge >= 0.3 is 26.2 Å². The summed E-state index contributed by atoms with van der Waals surface area (Å²) in [6.07, 6.45) is 25.8. The van der Waals surface area contributed by atoms with Crippen molar-refractivity contribution in [3.8, 4) is 0 Å². The van der Waals surface area contributed by atoms with Crippen LogP contribution in [0.4, 0.5) is 0 Å². The summed E-state index contributed by atoms with van der Waals surface area (Å²) in [5, 5.41) is 0. The van der Waals surface area contributed by atoms with Crippen LogP contribution in [-0.2, 0) is 53.0 Å². The van der Waals surface area contributed by atoms with Crippen LogP contribution < -0.4 is 0 Å². The molecule has 0 amide bonds. The summed E-state index contributed by atoms with van der Waals surface area (Å²) in [6, 6.07) is 9.66. The molecule has 3 rings (SSSR count). The van der Waals surface area contributed by atoms with E-state index in [0.29, 0.717) is 0 Å². The van der Waals surface area contributed by atoms with Crippen molar-refractivity contribution in [2.24, 2.45) is 0 Å². The molecule has 0 N–H and O–H groups in total. The number of aryl methyl sites for hydroxylation is 4. The second-order valence-electron chi connectivity index (χ2n) is 14.5. The zero-order chi connectivity index (χ0) is 36.9. The number of benzene rings is 2. The van der Waals surface area contributed by atoms with Gasteiger partial charge in [0.2, 0.25) is 11.4 Å². The Bertz CT molecular complexity index is 1330. The summed E-state index contributed by atoms with van der Waals surface area (Å²) in [6.45, 7) is 18.3. The molecule has 50 heavy (non-hydrogen) atoms. The number of rotatable bonds is 23. The van der Waals surface area contributed by atoms with Crippen LogP contribution in [0.3, 0.4) is 0 Å². The quantitative estimate of drug-likeness (QED) is 0.0619. The van der Waals surface area contributed by atoms with Gasteiger partial charge < -0.3 is 5.53 Å². The van der Waals surface area contributed by atoms with Crippen LogP contribution in [0.25, 0.3) is 16.9 Å². The molecular weight excluding hydrogens is 651 g/mol. The van der Waals surface area contributed by atoms with Crippen molar-refractivity contribution in [1.29, 1.82) is 0 Å². The molecule has 0 saturated carbocycles. The van der Waals surface area contributed by atoms with Gasteiger partial charge in [-0.2, -0.15) is 0 Å². The maximum atomic E-state index is 12.2. The van der Waals surface area contributed by atoms with Crippen molar-refractivity contribution >= 4 is 11.4 Å². The molecule has 2 aromatic carbocycles. The predicted molar refractivity (Wildman–Crippen MR) is 219 cm³/mol. The Kier molecular flexibility index (Phi) is 22.1. The van der Waals surface area contributed by atoms with E-state index in [1.807, 2.05) is 0 Å². The SMILES string of the molecule is CCCCCCCCc1c(CC)cc(C2=C(C)C(CCCC)=C(c3cc(CC)c(CCCCCCCC)c(CC)c3)[N+]2=[N-])cc1CC.[CH3][Ni][CH3]. The molecule has 0 aromatic heterocycles. The van der Waals surface area contributed by atoms with E-state index in [1.165, 1.54) is 134 Å². The van der Waals surface area contributed by atoms with Crippen LogP contribution in [0.15, 0.2) is 35.4 Å². The second-order valence-corrected chi connectivity index (χ2v) is 15.5. The normalized spacial score (nSPS) is 13.1. The first-order valence-corrected chi connectivity index (χ1v) is 22.7. The molecule has 0 aliphatic carbocycles. The summed E-state index contributed by atoms with van der Waals surface area (Å²) in [7, 11) is 0. The van der Waals surface area contributed by atoms with Crippen molar-refractivity contribution in [3.63, 3.8) is 0 Å². The number of allylic oxidation sites excluding steroid dienone is 2. The van der Waals surface area contributed by atoms with E-state index in [2.05, 4.69) is 91.4 Å². The van der Waals surface area contributed by atoms with Gasteiger partial charge in [0.25, 0.3) is 0 Å². The molecular formula is C47H76N2Ni. The van der Waals surface area contributed by atoms with E-state index in [4.69, 9.17) is 0 Å². The van der Waals surface area contributed by atoms with Crippen molar-refractivity contribution in [1.82, 2.24) is 0 Å². The first-order chi connectivity index (χ1) is 24.3. The molecule has 1 aliphatic rings. The molecule has 284 valence electrons. The van der Waals surface area contributed by atoms with Gasteiger partial charge in [-0.05, 0) is 129 Å². The molecule has 0 atom stereocenters. The summed E-state index contributed by atoms with van der Waals surface area (Å²) in [5.41, 5.74) is 28.2. The van der Waals surface area contributed by atoms with Gasteiger partial charge in [-0.1, -0.05) is 119 Å². The third-order valence-electron chi connectivity index (χ3n) is 10.8. The summed E-state index contributed by atoms with van der Waals surface area (Å²) in [5.74, 6) is 4.12. The first kappa shape index (κ1) is 44.2. The van der Waals surface area contributed by atoms with Crippen LogP contribution in [0, 0.1) is 0 Å². The fraction of sp³-hybridized carbons (Fsp3) is 0.660. The third kappa shape index (κ3) is 12.6. The van der Waals surface area contributed by atoms with Gasteiger partial charge in [-0.25, -0.2) is 4.70 Å². The number of hydrogen-bond donors (Lipinski definition) is 0. The Hall–Kier alpha value is -1.99. The Morgan fingerprint density at radius 3 is 1.18 bits per heavy atom. The average molecular weight is 728 g/mol. The Morgan fingerprint density at radius 1 is 0.480 bits per heavy atom. The fourth-order valence-electron chi connectivity index (χ4n) is 7.95. The first-order valence-electron chi connectivity index (χ1n) is 20.8. The van der Waals surface area contributed by atoms with Gasteiger partial charge in [0, 0.05) is 22.3 Å². The van der Waals surface area contributed by atoms with E-state index in [0.717, 1.165) is 56.3 Å². The fourth-order valence-corrected chi connectivity index (χ4v) is 7.95. The molecule has 0 saturated heterocycles. The van der Waals surface area contributed by atoms with Crippen LogP contribution in [0.5, 0.6) is 0 Å². The molecule has 0 fully saturated rings. The molecule has 1 aliphatic heterocycles. The summed E-state index contributed by atoms with van der Waals surface area (Å²) in [4.78, 5) is 0. The van der Waals surface area contributed by atoms with Gasteiger partial charge in [0.05, 0.1) is 0 Å². The molecule has 2 nitrogen and oxygen atoms in total. The average Bonchev–Trinajstić information content (AvgIpc) is 3.38. The number of unbranched alkanes of at least 4 members (excludes halogenated alkanes) is 11. The van der Waals surface area contributed by atoms with Gasteiger partial charge in [-0.15, -0.1) is 0 Å². The van der Waals surface area contributed by atoms with E-state index < -0.39 is 0 Å². The number of nitrogens with zero attached hydrogens (tertiary/aromatic N) is 2. The number of hydrogen-bond acceptors (Lipinski definition) is 0. The van der Waals surface area contributed by atoms with Crippen LogP contribution in [0.1, 0.15) is 196 Å². The molecule has 1 heterocycles. The minimum atomic E-state index is 0.994. The van der Waals surface area contributed by atoms with Gasteiger partial charge in [0.1, 0.15) is 0 Å². The van der Waals surface area contributed by atoms with Crippen molar-refractivity contribution in [2.75, 3.05) is 0 Å². The van der Waals surface area contributed by atoms with Crippen molar-refractivity contribution in [3.05, 3.63) is 85.5 Å². The molecule has 2 aromatic rings. The summed E-state index contributed by atoms with van der Waals surface area (Å²) < 4.78 is 1.59. The molecule has 0 radical (unpaired) electrons. The molecule has 0 spiro atoms. The predicted octanol–water partition coefficient (Wildman–Crippen LogP) is 15.3. The van der Waals surface area contributed by atoms with Crippen LogP contribution in [-0.4, -0.2) is 4.70 Å². The minimum absolute atomic E-state index is 0.994. The second kappa shape index (κ2) is 25.1. The molecule has 0 unspecified atom stereocenters. The molecule has 0 bridgehead atoms. The zero-order valence-electron chi connectivity index (χ0n) is 34.4. The van der Waals surface area contributed by atoms with E-state index in [1.54, 1.807) is 30.3 Å². The topological polar surface area (TPSA) is 25.3 Å². The van der Waals surface area contributed by atoms with E-state index >= 15 is 0 Å². The Morgan fingerprint density at radius 2 is 0.820 bits per heavy atom. The van der Waals surface area contributed by atoms with Gasteiger partial charge in [0.15, 0.2) is 0 Å². The van der Waals surface area contributed by atoms with E-state index in [9.17, 15) is 5.53 Å². The summed E-state index contributed by atoms with van der Waals surface area (Å²) >= 11 is 1.62. The van der Waals surface area contributed by atoms with Gasteiger partial charge in [-0.3, -0.25) is 0 Å². The Balaban J connectivity index is 0.00000278. The zero-order valence-corrected chi connectivity index (χ0v) is 35.4. The third-order valence-corrected chi connectivity index (χ3v) is 10.8. The van der Waals surface area contributed by atoms with Crippen LogP contribution >= 0.6 is 0 Å². The monoisotopic (exact) mass is 727 g/mol. The van der Waals surface area contributed by atoms with E-state index in [-0.39, 0.29) is 0 Å². The van der Waals surface area contributed by atoms with Crippen LogP contribution in [0.2, 0.25) is 11.8 Å². The molecule has 3 heteroatoms. The van der Waals surface area contributed by atoms with Crippen molar-refractivity contribution < 1.29 is 19.1 Å². The Labute approximate surface area is 316 Å². The van der Waals surface area contributed by atoms with Crippen molar-refractivity contribution in [2.45, 2.75) is 202 Å². The standard InChI is InChI=1S/C45H70N2.2CH3.Ni/c1-9-16-19-21-23-25-28-42-35(12-4)30-39(31-36(42)13-5)44-34(8)41(27-18-11-3)45(47(44)46)40-32-37(14-6)43(38(15-7)33-40)29-26-24-22-20-17-10-2;;;/h30-33H,9-29H2,1-8H3;2*1H3;.